The lowest BCUT2D eigenvalue weighted by Gasteiger charge is -2.16. The monoisotopic (exact) mass is 401 g/mol. The fourth-order valence-electron chi connectivity index (χ4n) is 3.58. The zero-order chi connectivity index (χ0) is 20.5. The summed E-state index contributed by atoms with van der Waals surface area (Å²) in [4.78, 5) is 18.8. The zero-order valence-electron chi connectivity index (χ0n) is 16.4. The minimum atomic E-state index is -0.222. The van der Waals surface area contributed by atoms with Crippen LogP contribution in [-0.2, 0) is 13.0 Å². The average Bonchev–Trinajstić information content (AvgIpc) is 3.42. The Balaban J connectivity index is 1.30. The summed E-state index contributed by atoms with van der Waals surface area (Å²) in [5, 5.41) is 5.09. The van der Waals surface area contributed by atoms with Gasteiger partial charge in [0.25, 0.3) is 5.91 Å². The third kappa shape index (κ3) is 3.45. The molecule has 5 rings (SSSR count). The summed E-state index contributed by atoms with van der Waals surface area (Å²) in [7, 11) is 1.75. The van der Waals surface area contributed by atoms with Gasteiger partial charge in [-0.25, -0.2) is 0 Å². The van der Waals surface area contributed by atoms with Crippen LogP contribution in [0.25, 0.3) is 10.9 Å². The Hall–Kier alpha value is -3.87. The van der Waals surface area contributed by atoms with Gasteiger partial charge in [-0.05, 0) is 35.4 Å². The smallest absolute Gasteiger partial charge is 0.292 e. The number of carbonyl (C=O) groups is 1. The Morgan fingerprint density at radius 3 is 2.90 bits per heavy atom. The van der Waals surface area contributed by atoms with E-state index in [1.54, 1.807) is 24.2 Å². The highest BCUT2D eigenvalue weighted by Gasteiger charge is 2.19. The lowest BCUT2D eigenvalue weighted by atomic mass is 10.1. The number of amides is 1. The molecule has 0 spiro atoms. The normalized spacial score (nSPS) is 12.3. The van der Waals surface area contributed by atoms with Crippen LogP contribution in [0.15, 0.2) is 65.3 Å². The standard InChI is InChI=1S/C23H19N3O4/c1-26(13-16-4-2-6-19-18(16)5-3-9-24-19)23(27)22-12-17(25-30-22)10-15-7-8-20-21(11-15)29-14-28-20/h2-9,11-12H,10,13-14H2,1H3. The summed E-state index contributed by atoms with van der Waals surface area (Å²) in [5.41, 5.74) is 3.61. The molecule has 0 saturated carbocycles. The second-order valence-electron chi connectivity index (χ2n) is 7.20. The third-order valence-corrected chi connectivity index (χ3v) is 5.08. The van der Waals surface area contributed by atoms with Crippen LogP contribution in [0.3, 0.4) is 0 Å². The number of rotatable bonds is 5. The van der Waals surface area contributed by atoms with Crippen LogP contribution < -0.4 is 9.47 Å². The zero-order valence-corrected chi connectivity index (χ0v) is 16.4. The number of hydrogen-bond acceptors (Lipinski definition) is 6. The number of pyridine rings is 1. The molecule has 0 bridgehead atoms. The lowest BCUT2D eigenvalue weighted by Crippen LogP contribution is -2.25. The molecule has 0 atom stereocenters. The number of fused-ring (bicyclic) bond motifs is 2. The Kier molecular flexibility index (Phi) is 4.55. The molecule has 30 heavy (non-hydrogen) atoms. The van der Waals surface area contributed by atoms with Gasteiger partial charge in [-0.15, -0.1) is 0 Å². The molecule has 0 radical (unpaired) electrons. The maximum Gasteiger partial charge on any atom is 0.292 e. The van der Waals surface area contributed by atoms with Crippen LogP contribution in [0.5, 0.6) is 11.5 Å². The summed E-state index contributed by atoms with van der Waals surface area (Å²) < 4.78 is 16.1. The van der Waals surface area contributed by atoms with Gasteiger partial charge in [-0.1, -0.05) is 29.4 Å². The van der Waals surface area contributed by atoms with Crippen molar-refractivity contribution in [3.63, 3.8) is 0 Å². The first-order valence-corrected chi connectivity index (χ1v) is 9.59. The summed E-state index contributed by atoms with van der Waals surface area (Å²) in [6.07, 6.45) is 2.29. The van der Waals surface area contributed by atoms with Crippen molar-refractivity contribution in [1.29, 1.82) is 0 Å². The maximum atomic E-state index is 12.8. The first-order chi connectivity index (χ1) is 14.7. The van der Waals surface area contributed by atoms with Gasteiger partial charge in [0.05, 0.1) is 11.2 Å². The van der Waals surface area contributed by atoms with Gasteiger partial charge in [0.15, 0.2) is 11.5 Å². The average molecular weight is 401 g/mol. The molecular weight excluding hydrogens is 382 g/mol. The van der Waals surface area contributed by atoms with E-state index < -0.39 is 0 Å². The van der Waals surface area contributed by atoms with Crippen molar-refractivity contribution in [1.82, 2.24) is 15.0 Å². The largest absolute Gasteiger partial charge is 0.454 e. The van der Waals surface area contributed by atoms with E-state index in [4.69, 9.17) is 14.0 Å². The van der Waals surface area contributed by atoms with Crippen molar-refractivity contribution in [3.8, 4) is 11.5 Å². The van der Waals surface area contributed by atoms with E-state index in [1.807, 2.05) is 48.5 Å². The molecule has 7 nitrogen and oxygen atoms in total. The Bertz CT molecular complexity index is 1230. The third-order valence-electron chi connectivity index (χ3n) is 5.08. The van der Waals surface area contributed by atoms with Crippen LogP contribution in [0, 0.1) is 0 Å². The predicted octanol–water partition coefficient (Wildman–Crippen LogP) is 3.81. The number of carbonyl (C=O) groups excluding carboxylic acids is 1. The van der Waals surface area contributed by atoms with Crippen LogP contribution in [0.4, 0.5) is 0 Å². The Labute approximate surface area is 172 Å². The number of benzene rings is 2. The number of aromatic nitrogens is 2. The van der Waals surface area contributed by atoms with E-state index in [0.29, 0.717) is 18.7 Å². The minimum Gasteiger partial charge on any atom is -0.454 e. The van der Waals surface area contributed by atoms with E-state index in [2.05, 4.69) is 10.1 Å². The molecule has 0 fully saturated rings. The van der Waals surface area contributed by atoms with Crippen molar-refractivity contribution in [2.24, 2.45) is 0 Å². The van der Waals surface area contributed by atoms with Crippen molar-refractivity contribution < 1.29 is 18.8 Å². The van der Waals surface area contributed by atoms with Crippen LogP contribution in [-0.4, -0.2) is 34.8 Å². The van der Waals surface area contributed by atoms with E-state index in [-0.39, 0.29) is 18.5 Å². The van der Waals surface area contributed by atoms with Crippen LogP contribution >= 0.6 is 0 Å². The van der Waals surface area contributed by atoms with Crippen LogP contribution in [0.1, 0.15) is 27.4 Å². The molecule has 150 valence electrons. The van der Waals surface area contributed by atoms with Crippen LogP contribution in [0.2, 0.25) is 0 Å². The molecule has 0 unspecified atom stereocenters. The van der Waals surface area contributed by atoms with Crippen molar-refractivity contribution >= 4 is 16.8 Å². The van der Waals surface area contributed by atoms with E-state index in [0.717, 1.165) is 33.5 Å². The molecule has 1 amide bonds. The van der Waals surface area contributed by atoms with Gasteiger partial charge >= 0.3 is 0 Å². The predicted molar refractivity (Wildman–Crippen MR) is 109 cm³/mol. The second-order valence-corrected chi connectivity index (χ2v) is 7.20. The SMILES string of the molecule is CN(Cc1cccc2ncccc12)C(=O)c1cc(Cc2ccc3c(c2)OCO3)no1. The highest BCUT2D eigenvalue weighted by Crippen LogP contribution is 2.33. The first-order valence-electron chi connectivity index (χ1n) is 9.59. The molecule has 2 aromatic heterocycles. The number of hydrogen-bond donors (Lipinski definition) is 0. The molecule has 1 aliphatic heterocycles. The van der Waals surface area contributed by atoms with Gasteiger partial charge in [0.1, 0.15) is 0 Å². The molecule has 2 aromatic carbocycles. The molecule has 0 N–H and O–H groups in total. The molecule has 4 aromatic rings. The van der Waals surface area contributed by atoms with Gasteiger partial charge < -0.3 is 18.9 Å². The summed E-state index contributed by atoms with van der Waals surface area (Å²) in [6.45, 7) is 0.681. The fourth-order valence-corrected chi connectivity index (χ4v) is 3.58. The van der Waals surface area contributed by atoms with Gasteiger partial charge in [-0.3, -0.25) is 9.78 Å². The first kappa shape index (κ1) is 18.2. The summed E-state index contributed by atoms with van der Waals surface area (Å²) >= 11 is 0. The van der Waals surface area contributed by atoms with Crippen molar-refractivity contribution in [2.75, 3.05) is 13.8 Å². The molecule has 3 heterocycles. The maximum absolute atomic E-state index is 12.8. The van der Waals surface area contributed by atoms with Crippen molar-refractivity contribution in [2.45, 2.75) is 13.0 Å². The number of ether oxygens (including phenoxy) is 2. The summed E-state index contributed by atoms with van der Waals surface area (Å²) in [6, 6.07) is 17.2. The molecule has 1 aliphatic rings. The Morgan fingerprint density at radius 1 is 1.07 bits per heavy atom. The van der Waals surface area contributed by atoms with E-state index in [1.165, 1.54) is 0 Å². The summed E-state index contributed by atoms with van der Waals surface area (Å²) in [5.74, 6) is 1.45. The second kappa shape index (κ2) is 7.51. The topological polar surface area (TPSA) is 77.7 Å². The lowest BCUT2D eigenvalue weighted by molar-refractivity contribution is 0.0744. The van der Waals surface area contributed by atoms with Gasteiger partial charge in [0.2, 0.25) is 12.6 Å². The van der Waals surface area contributed by atoms with Crippen molar-refractivity contribution in [3.05, 3.63) is 83.4 Å². The highest BCUT2D eigenvalue weighted by molar-refractivity contribution is 5.91. The Morgan fingerprint density at radius 2 is 1.97 bits per heavy atom. The molecule has 0 aliphatic carbocycles. The van der Waals surface area contributed by atoms with E-state index in [9.17, 15) is 4.79 Å². The fraction of sp³-hybridized carbons (Fsp3) is 0.174. The highest BCUT2D eigenvalue weighted by atomic mass is 16.7. The minimum absolute atomic E-state index is 0.214. The van der Waals surface area contributed by atoms with E-state index >= 15 is 0 Å². The number of nitrogens with zero attached hydrogens (tertiary/aromatic N) is 3. The molecular formula is C23H19N3O4. The molecule has 7 heteroatoms. The van der Waals surface area contributed by atoms with Gasteiger partial charge in [-0.2, -0.15) is 0 Å². The van der Waals surface area contributed by atoms with Gasteiger partial charge in [0, 0.05) is 37.7 Å². The quantitative estimate of drug-likeness (QED) is 0.506. The molecule has 0 saturated heterocycles.